The fourth-order valence-electron chi connectivity index (χ4n) is 2.12. The number of likely N-dealkylation sites (N-methyl/N-ethyl adjacent to an activating group) is 1. The molecule has 0 aromatic heterocycles. The zero-order chi connectivity index (χ0) is 16.9. The normalized spacial score (nSPS) is 13.4. The van der Waals surface area contributed by atoms with Gasteiger partial charge in [0.05, 0.1) is 6.54 Å². The first-order chi connectivity index (χ1) is 10.3. The highest BCUT2D eigenvalue weighted by Crippen LogP contribution is 2.25. The summed E-state index contributed by atoms with van der Waals surface area (Å²) in [5, 5.41) is 3.08. The van der Waals surface area contributed by atoms with E-state index >= 15 is 0 Å². The number of hydrogen-bond acceptors (Lipinski definition) is 2. The number of hydrogen-bond donors (Lipinski definition) is 1. The van der Waals surface area contributed by atoms with Gasteiger partial charge in [-0.1, -0.05) is 19.6 Å². The van der Waals surface area contributed by atoms with Crippen molar-refractivity contribution in [3.63, 3.8) is 0 Å². The van der Waals surface area contributed by atoms with Crippen molar-refractivity contribution in [3.8, 4) is 0 Å². The molecule has 0 saturated carbocycles. The van der Waals surface area contributed by atoms with Gasteiger partial charge in [-0.3, -0.25) is 0 Å². The van der Waals surface area contributed by atoms with E-state index in [4.69, 9.17) is 0 Å². The molecule has 0 radical (unpaired) electrons. The molecule has 122 valence electrons. The first-order valence-electron chi connectivity index (χ1n) is 7.26. The molecule has 0 aliphatic heterocycles. The maximum Gasteiger partial charge on any atom is 0.194 e. The standard InChI is InChI=1S/C17H23F3N2/c1-6-11(3)16(21-5)10-22(12(4)7-2)13-8-14(18)17(20)15(19)9-13/h6,8-9,12,21H,1,7,10H2,2-5H3/b16-11-. The molecule has 1 rings (SSSR count). The second-order valence-corrected chi connectivity index (χ2v) is 5.22. The van der Waals surface area contributed by atoms with Gasteiger partial charge in [0, 0.05) is 36.6 Å². The lowest BCUT2D eigenvalue weighted by Gasteiger charge is -2.32. The van der Waals surface area contributed by atoms with E-state index in [0.29, 0.717) is 12.2 Å². The number of nitrogens with one attached hydrogen (secondary N) is 1. The van der Waals surface area contributed by atoms with Crippen LogP contribution in [0.4, 0.5) is 18.9 Å². The van der Waals surface area contributed by atoms with E-state index in [0.717, 1.165) is 29.8 Å². The fourth-order valence-corrected chi connectivity index (χ4v) is 2.12. The summed E-state index contributed by atoms with van der Waals surface area (Å²) >= 11 is 0. The molecule has 2 nitrogen and oxygen atoms in total. The van der Waals surface area contributed by atoms with Crippen molar-refractivity contribution in [1.82, 2.24) is 5.32 Å². The van der Waals surface area contributed by atoms with Crippen LogP contribution in [0.5, 0.6) is 0 Å². The Labute approximate surface area is 130 Å². The lowest BCUT2D eigenvalue weighted by atomic mass is 10.1. The van der Waals surface area contributed by atoms with Crippen molar-refractivity contribution in [2.45, 2.75) is 33.2 Å². The Hall–Kier alpha value is -1.91. The van der Waals surface area contributed by atoms with E-state index in [1.165, 1.54) is 0 Å². The summed E-state index contributed by atoms with van der Waals surface area (Å²) in [5.74, 6) is -3.81. The summed E-state index contributed by atoms with van der Waals surface area (Å²) in [7, 11) is 1.78. The summed E-state index contributed by atoms with van der Waals surface area (Å²) in [5.41, 5.74) is 2.15. The molecular weight excluding hydrogens is 289 g/mol. The molecule has 1 unspecified atom stereocenters. The molecule has 0 amide bonds. The van der Waals surface area contributed by atoms with Gasteiger partial charge in [-0.2, -0.15) is 0 Å². The number of nitrogens with zero attached hydrogens (tertiary/aromatic N) is 1. The predicted molar refractivity (Wildman–Crippen MR) is 85.4 cm³/mol. The van der Waals surface area contributed by atoms with Gasteiger partial charge in [-0.15, -0.1) is 0 Å². The molecule has 0 saturated heterocycles. The molecule has 1 aromatic rings. The average Bonchev–Trinajstić information content (AvgIpc) is 2.51. The second kappa shape index (κ2) is 7.92. The Bertz CT molecular complexity index is 544. The van der Waals surface area contributed by atoms with Crippen LogP contribution in [0.1, 0.15) is 27.2 Å². The van der Waals surface area contributed by atoms with Gasteiger partial charge in [0.15, 0.2) is 17.5 Å². The van der Waals surface area contributed by atoms with Crippen LogP contribution in [0.2, 0.25) is 0 Å². The number of anilines is 1. The number of benzene rings is 1. The zero-order valence-corrected chi connectivity index (χ0v) is 13.5. The van der Waals surface area contributed by atoms with Gasteiger partial charge >= 0.3 is 0 Å². The molecule has 0 aliphatic carbocycles. The first-order valence-corrected chi connectivity index (χ1v) is 7.26. The summed E-state index contributed by atoms with van der Waals surface area (Å²) in [4.78, 5) is 1.84. The van der Waals surface area contributed by atoms with Gasteiger partial charge in [-0.25, -0.2) is 13.2 Å². The highest BCUT2D eigenvalue weighted by Gasteiger charge is 2.19. The minimum absolute atomic E-state index is 0.0326. The molecule has 0 spiro atoms. The summed E-state index contributed by atoms with van der Waals surface area (Å²) in [6.07, 6.45) is 2.50. The Balaban J connectivity index is 3.28. The minimum atomic E-state index is -1.44. The molecule has 0 bridgehead atoms. The average molecular weight is 312 g/mol. The highest BCUT2D eigenvalue weighted by molar-refractivity contribution is 5.50. The number of allylic oxidation sites excluding steroid dienone is 2. The molecule has 0 fully saturated rings. The van der Waals surface area contributed by atoms with Gasteiger partial charge in [0.1, 0.15) is 0 Å². The van der Waals surface area contributed by atoms with Gasteiger partial charge in [0.25, 0.3) is 0 Å². The van der Waals surface area contributed by atoms with E-state index in [-0.39, 0.29) is 6.04 Å². The lowest BCUT2D eigenvalue weighted by Crippen LogP contribution is -2.37. The summed E-state index contributed by atoms with van der Waals surface area (Å²) in [6, 6.07) is 2.09. The van der Waals surface area contributed by atoms with E-state index in [1.54, 1.807) is 13.1 Å². The fraction of sp³-hybridized carbons (Fsp3) is 0.412. The Kier molecular flexibility index (Phi) is 6.53. The molecule has 1 N–H and O–H groups in total. The van der Waals surface area contributed by atoms with Gasteiger partial charge in [-0.05, 0) is 25.8 Å². The maximum absolute atomic E-state index is 13.5. The Morgan fingerprint density at radius 1 is 1.32 bits per heavy atom. The quantitative estimate of drug-likeness (QED) is 0.593. The highest BCUT2D eigenvalue weighted by atomic mass is 19.2. The predicted octanol–water partition coefficient (Wildman–Crippen LogP) is 4.39. The van der Waals surface area contributed by atoms with Crippen LogP contribution in [0.3, 0.4) is 0 Å². The third kappa shape index (κ3) is 4.06. The third-order valence-electron chi connectivity index (χ3n) is 3.84. The van der Waals surface area contributed by atoms with Crippen molar-refractivity contribution >= 4 is 5.69 Å². The smallest absolute Gasteiger partial charge is 0.194 e. The third-order valence-corrected chi connectivity index (χ3v) is 3.84. The minimum Gasteiger partial charge on any atom is -0.390 e. The number of rotatable bonds is 7. The molecule has 0 heterocycles. The molecule has 5 heteroatoms. The van der Waals surface area contributed by atoms with Crippen molar-refractivity contribution in [2.75, 3.05) is 18.5 Å². The van der Waals surface area contributed by atoms with Crippen molar-refractivity contribution in [2.24, 2.45) is 0 Å². The van der Waals surface area contributed by atoms with Crippen LogP contribution < -0.4 is 10.2 Å². The van der Waals surface area contributed by atoms with Crippen LogP contribution in [0, 0.1) is 17.5 Å². The monoisotopic (exact) mass is 312 g/mol. The maximum atomic E-state index is 13.5. The first kappa shape index (κ1) is 18.1. The molecule has 1 aromatic carbocycles. The Morgan fingerprint density at radius 2 is 1.86 bits per heavy atom. The Morgan fingerprint density at radius 3 is 2.27 bits per heavy atom. The summed E-state index contributed by atoms with van der Waals surface area (Å²) in [6.45, 7) is 9.99. The van der Waals surface area contributed by atoms with Crippen LogP contribution in [0.15, 0.2) is 36.1 Å². The van der Waals surface area contributed by atoms with E-state index in [9.17, 15) is 13.2 Å². The largest absolute Gasteiger partial charge is 0.390 e. The number of halogens is 3. The molecular formula is C17H23F3N2. The molecule has 22 heavy (non-hydrogen) atoms. The van der Waals surface area contributed by atoms with Crippen molar-refractivity contribution in [1.29, 1.82) is 0 Å². The van der Waals surface area contributed by atoms with Gasteiger partial charge < -0.3 is 10.2 Å². The van der Waals surface area contributed by atoms with Crippen molar-refractivity contribution < 1.29 is 13.2 Å². The van der Waals surface area contributed by atoms with Crippen LogP contribution in [0.25, 0.3) is 0 Å². The lowest BCUT2D eigenvalue weighted by molar-refractivity contribution is 0.446. The topological polar surface area (TPSA) is 15.3 Å². The second-order valence-electron chi connectivity index (χ2n) is 5.22. The van der Waals surface area contributed by atoms with Crippen LogP contribution in [-0.4, -0.2) is 19.6 Å². The molecule has 0 aliphatic rings. The van der Waals surface area contributed by atoms with E-state index in [1.807, 2.05) is 25.7 Å². The van der Waals surface area contributed by atoms with Gasteiger partial charge in [0.2, 0.25) is 0 Å². The summed E-state index contributed by atoms with van der Waals surface area (Å²) < 4.78 is 40.2. The van der Waals surface area contributed by atoms with Crippen molar-refractivity contribution in [3.05, 3.63) is 53.5 Å². The zero-order valence-electron chi connectivity index (χ0n) is 13.5. The SMILES string of the molecule is C=C/C(C)=C(/CN(c1cc(F)c(F)c(F)c1)C(C)CC)NC. The van der Waals surface area contributed by atoms with E-state index in [2.05, 4.69) is 11.9 Å². The van der Waals surface area contributed by atoms with Crippen LogP contribution >= 0.6 is 0 Å². The molecule has 1 atom stereocenters. The van der Waals surface area contributed by atoms with Crippen LogP contribution in [-0.2, 0) is 0 Å². The van der Waals surface area contributed by atoms with E-state index < -0.39 is 17.5 Å².